The van der Waals surface area contributed by atoms with Crippen molar-refractivity contribution in [3.05, 3.63) is 72.3 Å². The standard InChI is InChI=1S/C16H14N4O/c17-20-16(21)11-9-12(14-5-1-3-7-18-14)13(10-11)15-6-2-4-8-19-15/h1-11H,17H2,(H,20,21). The lowest BCUT2D eigenvalue weighted by Crippen LogP contribution is -2.34. The zero-order chi connectivity index (χ0) is 14.7. The number of rotatable bonds is 3. The first-order valence-corrected chi connectivity index (χ1v) is 6.57. The van der Waals surface area contributed by atoms with Crippen molar-refractivity contribution in [1.82, 2.24) is 15.4 Å². The summed E-state index contributed by atoms with van der Waals surface area (Å²) >= 11 is 0. The predicted octanol–water partition coefficient (Wildman–Crippen LogP) is 1.56. The minimum Gasteiger partial charge on any atom is -0.293 e. The molecule has 0 saturated carbocycles. The van der Waals surface area contributed by atoms with Gasteiger partial charge in [0.1, 0.15) is 0 Å². The lowest BCUT2D eigenvalue weighted by molar-refractivity contribution is -0.122. The molecule has 0 bridgehead atoms. The van der Waals surface area contributed by atoms with E-state index in [-0.39, 0.29) is 5.91 Å². The average Bonchev–Trinajstić information content (AvgIpc) is 3.01. The van der Waals surface area contributed by atoms with E-state index in [1.165, 1.54) is 0 Å². The van der Waals surface area contributed by atoms with E-state index in [1.54, 1.807) is 12.4 Å². The van der Waals surface area contributed by atoms with Gasteiger partial charge in [0.15, 0.2) is 0 Å². The highest BCUT2D eigenvalue weighted by Crippen LogP contribution is 2.36. The fraction of sp³-hybridized carbons (Fsp3) is 0.0625. The summed E-state index contributed by atoms with van der Waals surface area (Å²) in [6.07, 6.45) is 7.16. The van der Waals surface area contributed by atoms with Crippen LogP contribution in [-0.4, -0.2) is 15.9 Å². The predicted molar refractivity (Wildman–Crippen MR) is 80.2 cm³/mol. The molecule has 0 radical (unpaired) electrons. The van der Waals surface area contributed by atoms with E-state index in [1.807, 2.05) is 48.6 Å². The number of nitrogens with zero attached hydrogens (tertiary/aromatic N) is 2. The molecule has 1 aliphatic carbocycles. The molecule has 0 atom stereocenters. The monoisotopic (exact) mass is 278 g/mol. The third-order valence-electron chi connectivity index (χ3n) is 3.31. The molecular formula is C16H14N4O. The molecule has 0 aliphatic heterocycles. The Morgan fingerprint density at radius 2 is 1.48 bits per heavy atom. The largest absolute Gasteiger partial charge is 0.293 e. The minimum atomic E-state index is -0.413. The van der Waals surface area contributed by atoms with Gasteiger partial charge in [0.05, 0.1) is 17.3 Å². The maximum absolute atomic E-state index is 11.8. The number of carbonyl (C=O) groups excluding carboxylic acids is 1. The van der Waals surface area contributed by atoms with E-state index in [4.69, 9.17) is 5.84 Å². The Morgan fingerprint density at radius 3 is 1.86 bits per heavy atom. The van der Waals surface area contributed by atoms with Gasteiger partial charge in [-0.2, -0.15) is 0 Å². The van der Waals surface area contributed by atoms with Crippen molar-refractivity contribution in [1.29, 1.82) is 0 Å². The molecular weight excluding hydrogens is 264 g/mol. The van der Waals surface area contributed by atoms with Gasteiger partial charge >= 0.3 is 0 Å². The second-order valence-electron chi connectivity index (χ2n) is 4.63. The summed E-state index contributed by atoms with van der Waals surface area (Å²) in [6, 6.07) is 11.3. The summed E-state index contributed by atoms with van der Waals surface area (Å²) in [6.45, 7) is 0. The Morgan fingerprint density at radius 1 is 0.952 bits per heavy atom. The first-order valence-electron chi connectivity index (χ1n) is 6.57. The molecule has 21 heavy (non-hydrogen) atoms. The van der Waals surface area contributed by atoms with Crippen LogP contribution >= 0.6 is 0 Å². The minimum absolute atomic E-state index is 0.255. The van der Waals surface area contributed by atoms with E-state index in [9.17, 15) is 4.79 Å². The zero-order valence-corrected chi connectivity index (χ0v) is 11.2. The molecule has 3 rings (SSSR count). The molecule has 2 heterocycles. The average molecular weight is 278 g/mol. The molecule has 0 saturated heterocycles. The van der Waals surface area contributed by atoms with Gasteiger partial charge in [0.25, 0.3) is 0 Å². The fourth-order valence-corrected chi connectivity index (χ4v) is 2.33. The van der Waals surface area contributed by atoms with E-state index >= 15 is 0 Å². The van der Waals surface area contributed by atoms with Crippen LogP contribution in [0.5, 0.6) is 0 Å². The van der Waals surface area contributed by atoms with Crippen LogP contribution in [0.25, 0.3) is 11.1 Å². The van der Waals surface area contributed by atoms with Crippen molar-refractivity contribution in [2.75, 3.05) is 0 Å². The maximum Gasteiger partial charge on any atom is 0.244 e. The second kappa shape index (κ2) is 5.68. The fourth-order valence-electron chi connectivity index (χ4n) is 2.33. The summed E-state index contributed by atoms with van der Waals surface area (Å²) in [5.74, 6) is 4.56. The molecule has 104 valence electrons. The highest BCUT2D eigenvalue weighted by Gasteiger charge is 2.25. The number of nitrogens with one attached hydrogen (secondary N) is 1. The Bertz CT molecular complexity index is 652. The third kappa shape index (κ3) is 2.59. The van der Waals surface area contributed by atoms with Crippen molar-refractivity contribution in [3.8, 4) is 0 Å². The molecule has 5 heteroatoms. The van der Waals surface area contributed by atoms with Crippen molar-refractivity contribution < 1.29 is 4.79 Å². The second-order valence-corrected chi connectivity index (χ2v) is 4.63. The quantitative estimate of drug-likeness (QED) is 0.507. The normalized spacial score (nSPS) is 14.5. The van der Waals surface area contributed by atoms with Gasteiger partial charge < -0.3 is 0 Å². The maximum atomic E-state index is 11.8. The van der Waals surface area contributed by atoms with Crippen LogP contribution in [0.15, 0.2) is 60.9 Å². The Labute approximate surface area is 122 Å². The third-order valence-corrected chi connectivity index (χ3v) is 3.31. The van der Waals surface area contributed by atoms with Crippen LogP contribution in [0.2, 0.25) is 0 Å². The summed E-state index contributed by atoms with van der Waals surface area (Å²) < 4.78 is 0. The van der Waals surface area contributed by atoms with Crippen LogP contribution in [0.3, 0.4) is 0 Å². The number of aromatic nitrogens is 2. The van der Waals surface area contributed by atoms with Gasteiger partial charge in [-0.15, -0.1) is 0 Å². The van der Waals surface area contributed by atoms with E-state index in [0.717, 1.165) is 22.5 Å². The van der Waals surface area contributed by atoms with Crippen molar-refractivity contribution >= 4 is 17.1 Å². The van der Waals surface area contributed by atoms with E-state index in [2.05, 4.69) is 15.4 Å². The molecule has 5 nitrogen and oxygen atoms in total. The number of amides is 1. The molecule has 2 aromatic heterocycles. The molecule has 0 fully saturated rings. The van der Waals surface area contributed by atoms with Crippen molar-refractivity contribution in [2.45, 2.75) is 0 Å². The molecule has 0 aromatic carbocycles. The molecule has 0 spiro atoms. The number of hydrazine groups is 1. The van der Waals surface area contributed by atoms with Gasteiger partial charge in [0.2, 0.25) is 5.91 Å². The number of pyridine rings is 2. The first-order chi connectivity index (χ1) is 10.3. The van der Waals surface area contributed by atoms with Gasteiger partial charge in [-0.25, -0.2) is 5.84 Å². The zero-order valence-electron chi connectivity index (χ0n) is 11.2. The lowest BCUT2D eigenvalue weighted by Gasteiger charge is -2.07. The van der Waals surface area contributed by atoms with Crippen LogP contribution < -0.4 is 11.3 Å². The summed E-state index contributed by atoms with van der Waals surface area (Å²) in [5.41, 5.74) is 5.58. The van der Waals surface area contributed by atoms with Crippen molar-refractivity contribution in [2.24, 2.45) is 11.8 Å². The van der Waals surface area contributed by atoms with Crippen LogP contribution in [-0.2, 0) is 4.79 Å². The molecule has 0 unspecified atom stereocenters. The number of hydrogen-bond donors (Lipinski definition) is 2. The number of hydrogen-bond acceptors (Lipinski definition) is 4. The summed E-state index contributed by atoms with van der Waals surface area (Å²) in [7, 11) is 0. The Balaban J connectivity index is 2.07. The number of carbonyl (C=O) groups is 1. The van der Waals surface area contributed by atoms with Crippen LogP contribution in [0, 0.1) is 5.92 Å². The molecule has 1 amide bonds. The first kappa shape index (κ1) is 13.2. The number of nitrogens with two attached hydrogens (primary N) is 1. The lowest BCUT2D eigenvalue weighted by atomic mass is 10.0. The van der Waals surface area contributed by atoms with Crippen LogP contribution in [0.4, 0.5) is 0 Å². The molecule has 3 N–H and O–H groups in total. The van der Waals surface area contributed by atoms with Gasteiger partial charge in [-0.3, -0.25) is 20.2 Å². The van der Waals surface area contributed by atoms with Crippen molar-refractivity contribution in [3.63, 3.8) is 0 Å². The molecule has 2 aromatic rings. The Hall–Kier alpha value is -2.79. The smallest absolute Gasteiger partial charge is 0.244 e. The van der Waals surface area contributed by atoms with Gasteiger partial charge in [-0.05, 0) is 24.3 Å². The van der Waals surface area contributed by atoms with Crippen LogP contribution in [0.1, 0.15) is 11.4 Å². The van der Waals surface area contributed by atoms with Gasteiger partial charge in [-0.1, -0.05) is 24.3 Å². The molecule has 1 aliphatic rings. The topological polar surface area (TPSA) is 80.9 Å². The Kier molecular flexibility index (Phi) is 3.57. The summed E-state index contributed by atoms with van der Waals surface area (Å²) in [5, 5.41) is 0. The van der Waals surface area contributed by atoms with E-state index < -0.39 is 5.92 Å². The van der Waals surface area contributed by atoms with E-state index in [0.29, 0.717) is 0 Å². The SMILES string of the molecule is NNC(=O)C1C=C(c2ccccn2)C(c2ccccn2)=C1. The highest BCUT2D eigenvalue weighted by atomic mass is 16.2. The highest BCUT2D eigenvalue weighted by molar-refractivity contribution is 6.08. The number of allylic oxidation sites excluding steroid dienone is 2. The van der Waals surface area contributed by atoms with Gasteiger partial charge in [0, 0.05) is 23.5 Å². The summed E-state index contributed by atoms with van der Waals surface area (Å²) in [4.78, 5) is 20.5.